The second kappa shape index (κ2) is 14.1. The minimum Gasteiger partial charge on any atom is -0.508 e. The molecule has 5 N–H and O–H groups in total. The number of aromatic hydroxyl groups is 4. The van der Waals surface area contributed by atoms with Crippen molar-refractivity contribution in [3.8, 4) is 28.7 Å². The van der Waals surface area contributed by atoms with Crippen LogP contribution in [0.4, 0.5) is 0 Å². The van der Waals surface area contributed by atoms with Crippen LogP contribution in [0.1, 0.15) is 51.4 Å². The molecule has 216 valence electrons. The monoisotopic (exact) mass is 566 g/mol. The minimum atomic E-state index is -0.717. The van der Waals surface area contributed by atoms with E-state index in [1.807, 2.05) is 42.5 Å². The van der Waals surface area contributed by atoms with Crippen LogP contribution in [-0.4, -0.2) is 44.5 Å². The number of phenols is 4. The number of aliphatic hydroxyl groups is 1. The predicted octanol–water partition coefficient (Wildman–Crippen LogP) is 6.49. The Morgan fingerprint density at radius 1 is 0.881 bits per heavy atom. The SMILES string of the molecule is COc1cc(O)c([C@@H](/C=C/C[C@H](O)CCc2ccc(O)cc2)c2ccc(O)cc2)c(O)c1C(=O)/C=C/c1ccccc1. The van der Waals surface area contributed by atoms with Crippen LogP contribution < -0.4 is 4.74 Å². The van der Waals surface area contributed by atoms with E-state index >= 15 is 0 Å². The van der Waals surface area contributed by atoms with Crippen LogP contribution in [0.15, 0.2) is 103 Å². The first-order valence-electron chi connectivity index (χ1n) is 13.6. The zero-order valence-electron chi connectivity index (χ0n) is 23.2. The summed E-state index contributed by atoms with van der Waals surface area (Å²) in [5.74, 6) is -1.66. The lowest BCUT2D eigenvalue weighted by Crippen LogP contribution is -2.08. The summed E-state index contributed by atoms with van der Waals surface area (Å²) in [5.41, 5.74) is 2.43. The highest BCUT2D eigenvalue weighted by molar-refractivity contribution is 6.11. The molecule has 0 amide bonds. The Balaban J connectivity index is 1.64. The number of hydrogen-bond acceptors (Lipinski definition) is 7. The summed E-state index contributed by atoms with van der Waals surface area (Å²) in [5, 5.41) is 52.4. The van der Waals surface area contributed by atoms with Crippen LogP contribution in [-0.2, 0) is 6.42 Å². The molecule has 0 saturated carbocycles. The Bertz CT molecular complexity index is 1540. The molecule has 0 saturated heterocycles. The third-order valence-corrected chi connectivity index (χ3v) is 6.98. The zero-order chi connectivity index (χ0) is 30.1. The van der Waals surface area contributed by atoms with Crippen molar-refractivity contribution < 1.29 is 35.1 Å². The second-order valence-electron chi connectivity index (χ2n) is 9.94. The Hall–Kier alpha value is -5.01. The number of hydrogen-bond donors (Lipinski definition) is 5. The van der Waals surface area contributed by atoms with E-state index in [4.69, 9.17) is 4.74 Å². The molecular formula is C35H34O7. The van der Waals surface area contributed by atoms with Crippen LogP contribution >= 0.6 is 0 Å². The number of methoxy groups -OCH3 is 1. The number of carbonyl (C=O) groups excluding carboxylic acids is 1. The predicted molar refractivity (Wildman–Crippen MR) is 162 cm³/mol. The summed E-state index contributed by atoms with van der Waals surface area (Å²) in [7, 11) is 1.35. The van der Waals surface area contributed by atoms with Gasteiger partial charge in [0.1, 0.15) is 34.3 Å². The van der Waals surface area contributed by atoms with Gasteiger partial charge in [0.25, 0.3) is 0 Å². The van der Waals surface area contributed by atoms with Gasteiger partial charge in [0, 0.05) is 17.5 Å². The molecule has 0 heterocycles. The van der Waals surface area contributed by atoms with Crippen molar-refractivity contribution in [3.63, 3.8) is 0 Å². The Morgan fingerprint density at radius 2 is 1.52 bits per heavy atom. The number of carbonyl (C=O) groups is 1. The van der Waals surface area contributed by atoms with Crippen molar-refractivity contribution >= 4 is 11.9 Å². The van der Waals surface area contributed by atoms with E-state index in [0.717, 1.165) is 11.1 Å². The quantitative estimate of drug-likeness (QED) is 0.0754. The molecule has 42 heavy (non-hydrogen) atoms. The molecule has 0 radical (unpaired) electrons. The topological polar surface area (TPSA) is 127 Å². The molecule has 4 aromatic carbocycles. The molecule has 0 aromatic heterocycles. The number of aryl methyl sites for hydroxylation is 1. The van der Waals surface area contributed by atoms with Gasteiger partial charge in [-0.3, -0.25) is 4.79 Å². The highest BCUT2D eigenvalue weighted by Gasteiger charge is 2.27. The van der Waals surface area contributed by atoms with Gasteiger partial charge in [-0.15, -0.1) is 0 Å². The maximum absolute atomic E-state index is 13.3. The lowest BCUT2D eigenvalue weighted by Gasteiger charge is -2.20. The number of benzene rings is 4. The maximum Gasteiger partial charge on any atom is 0.193 e. The summed E-state index contributed by atoms with van der Waals surface area (Å²) in [6, 6.07) is 23.7. The molecule has 0 aliphatic rings. The van der Waals surface area contributed by atoms with Gasteiger partial charge >= 0.3 is 0 Å². The summed E-state index contributed by atoms with van der Waals surface area (Å²) in [4.78, 5) is 13.3. The van der Waals surface area contributed by atoms with E-state index in [9.17, 15) is 30.3 Å². The van der Waals surface area contributed by atoms with E-state index < -0.39 is 23.6 Å². The van der Waals surface area contributed by atoms with Crippen molar-refractivity contribution in [1.82, 2.24) is 0 Å². The fourth-order valence-electron chi connectivity index (χ4n) is 4.71. The van der Waals surface area contributed by atoms with E-state index in [-0.39, 0.29) is 34.1 Å². The van der Waals surface area contributed by atoms with Gasteiger partial charge in [0.05, 0.1) is 13.2 Å². The van der Waals surface area contributed by atoms with Gasteiger partial charge in [-0.25, -0.2) is 0 Å². The molecule has 0 fully saturated rings. The third kappa shape index (κ3) is 7.59. The number of phenolic OH excluding ortho intramolecular Hbond substituents is 4. The fourth-order valence-corrected chi connectivity index (χ4v) is 4.71. The highest BCUT2D eigenvalue weighted by atomic mass is 16.5. The Labute approximate surface area is 244 Å². The highest BCUT2D eigenvalue weighted by Crippen LogP contribution is 2.45. The van der Waals surface area contributed by atoms with Gasteiger partial charge in [0.15, 0.2) is 5.78 Å². The molecule has 0 aliphatic carbocycles. The number of aliphatic hydroxyl groups excluding tert-OH is 1. The van der Waals surface area contributed by atoms with Crippen molar-refractivity contribution in [2.75, 3.05) is 7.11 Å². The number of ketones is 1. The molecule has 7 heteroatoms. The lowest BCUT2D eigenvalue weighted by molar-refractivity contribution is 0.104. The average molecular weight is 567 g/mol. The normalized spacial score (nSPS) is 12.9. The fraction of sp³-hybridized carbons (Fsp3) is 0.171. The molecule has 0 spiro atoms. The Kier molecular flexibility index (Phi) is 10.0. The summed E-state index contributed by atoms with van der Waals surface area (Å²) < 4.78 is 5.35. The standard InChI is InChI=1S/C35H34O7/c1-42-32-22-31(40)33(35(41)34(32)30(39)21-13-23-6-3-2-4-7-23)29(25-14-19-28(38)20-15-25)9-5-8-26(36)16-10-24-11-17-27(37)18-12-24/h2-7,9,11-15,17-22,26,29,36-38,40-41H,8,10,16H2,1H3/b9-5+,21-13+/t26-,29-/m0/s1. The van der Waals surface area contributed by atoms with Gasteiger partial charge in [0.2, 0.25) is 0 Å². The van der Waals surface area contributed by atoms with Crippen molar-refractivity contribution in [3.05, 3.63) is 131 Å². The smallest absolute Gasteiger partial charge is 0.193 e. The van der Waals surface area contributed by atoms with Crippen LogP contribution in [0.25, 0.3) is 6.08 Å². The number of ether oxygens (including phenoxy) is 1. The number of allylic oxidation sites excluding steroid dienone is 2. The van der Waals surface area contributed by atoms with E-state index in [1.54, 1.807) is 42.5 Å². The summed E-state index contributed by atoms with van der Waals surface area (Å²) >= 11 is 0. The maximum atomic E-state index is 13.3. The van der Waals surface area contributed by atoms with E-state index in [0.29, 0.717) is 24.8 Å². The van der Waals surface area contributed by atoms with Crippen LogP contribution in [0.2, 0.25) is 0 Å². The zero-order valence-corrected chi connectivity index (χ0v) is 23.2. The molecule has 4 aromatic rings. The largest absolute Gasteiger partial charge is 0.508 e. The van der Waals surface area contributed by atoms with Crippen LogP contribution in [0.5, 0.6) is 28.7 Å². The van der Waals surface area contributed by atoms with Gasteiger partial charge < -0.3 is 30.3 Å². The average Bonchev–Trinajstić information content (AvgIpc) is 2.99. The lowest BCUT2D eigenvalue weighted by atomic mass is 9.86. The molecule has 2 atom stereocenters. The van der Waals surface area contributed by atoms with Crippen LogP contribution in [0.3, 0.4) is 0 Å². The third-order valence-electron chi connectivity index (χ3n) is 6.98. The first-order chi connectivity index (χ1) is 20.3. The van der Waals surface area contributed by atoms with Crippen LogP contribution in [0, 0.1) is 0 Å². The van der Waals surface area contributed by atoms with Gasteiger partial charge in [-0.1, -0.05) is 72.8 Å². The first kappa shape index (κ1) is 30.0. The molecule has 0 aliphatic heterocycles. The summed E-state index contributed by atoms with van der Waals surface area (Å²) in [6.07, 6.45) is 7.23. The molecular weight excluding hydrogens is 532 g/mol. The number of rotatable bonds is 12. The summed E-state index contributed by atoms with van der Waals surface area (Å²) in [6.45, 7) is 0. The van der Waals surface area contributed by atoms with Gasteiger partial charge in [-0.05, 0) is 66.3 Å². The molecule has 4 rings (SSSR count). The first-order valence-corrected chi connectivity index (χ1v) is 13.6. The molecule has 0 unspecified atom stereocenters. The molecule has 7 nitrogen and oxygen atoms in total. The van der Waals surface area contributed by atoms with E-state index in [1.165, 1.54) is 31.4 Å². The molecule has 0 bridgehead atoms. The van der Waals surface area contributed by atoms with Crippen molar-refractivity contribution in [2.24, 2.45) is 0 Å². The van der Waals surface area contributed by atoms with E-state index in [2.05, 4.69) is 0 Å². The van der Waals surface area contributed by atoms with Crippen molar-refractivity contribution in [1.29, 1.82) is 0 Å². The van der Waals surface area contributed by atoms with Crippen molar-refractivity contribution in [2.45, 2.75) is 31.3 Å². The Morgan fingerprint density at radius 3 is 2.17 bits per heavy atom. The van der Waals surface area contributed by atoms with Gasteiger partial charge in [-0.2, -0.15) is 0 Å². The minimum absolute atomic E-state index is 0.0227. The second-order valence-corrected chi connectivity index (χ2v) is 9.94.